The third-order valence-corrected chi connectivity index (χ3v) is 4.09. The number of aromatic amines is 1. The Morgan fingerprint density at radius 3 is 2.64 bits per heavy atom. The average molecular weight is 395 g/mol. The van der Waals surface area contributed by atoms with Gasteiger partial charge in [0.05, 0.1) is 16.3 Å². The van der Waals surface area contributed by atoms with Gasteiger partial charge in [0, 0.05) is 5.56 Å². The molecule has 0 saturated carbocycles. The van der Waals surface area contributed by atoms with Crippen LogP contribution in [0.5, 0.6) is 11.5 Å². The van der Waals surface area contributed by atoms with Gasteiger partial charge in [-0.3, -0.25) is 0 Å². The zero-order valence-electron chi connectivity index (χ0n) is 12.7. The predicted molar refractivity (Wildman–Crippen MR) is 99.3 cm³/mol. The van der Waals surface area contributed by atoms with Crippen LogP contribution >= 0.6 is 35.4 Å². The lowest BCUT2D eigenvalue weighted by Crippen LogP contribution is -2.04. The second-order valence-electron chi connectivity index (χ2n) is 4.90. The van der Waals surface area contributed by atoms with Crippen molar-refractivity contribution in [1.29, 1.82) is 0 Å². The maximum atomic E-state index is 9.79. The fraction of sp³-hybridized carbons (Fsp3) is 0.0625. The SMILES string of the molecule is Oc1ccccc1/C=N/n1c(COc2c(Cl)cccc2Cl)n[nH]c1=S. The number of rotatable bonds is 5. The molecule has 0 radical (unpaired) electrons. The standard InChI is InChI=1S/C16H12Cl2N4O2S/c17-11-5-3-6-12(18)15(11)24-9-14-20-21-16(25)22(14)19-8-10-4-1-2-7-13(10)23/h1-8,23H,9H2,(H,21,25)/b19-8+. The Bertz CT molecular complexity index is 964. The summed E-state index contributed by atoms with van der Waals surface area (Å²) in [6.07, 6.45) is 1.48. The number of hydrogen-bond acceptors (Lipinski definition) is 5. The molecule has 0 unspecified atom stereocenters. The van der Waals surface area contributed by atoms with Crippen LogP contribution in [0.2, 0.25) is 10.0 Å². The van der Waals surface area contributed by atoms with Gasteiger partial charge >= 0.3 is 0 Å². The van der Waals surface area contributed by atoms with Crippen LogP contribution in [0.3, 0.4) is 0 Å². The lowest BCUT2D eigenvalue weighted by molar-refractivity contribution is 0.291. The molecule has 128 valence electrons. The largest absolute Gasteiger partial charge is 0.507 e. The topological polar surface area (TPSA) is 75.4 Å². The molecule has 0 aliphatic heterocycles. The minimum atomic E-state index is 0.0503. The van der Waals surface area contributed by atoms with E-state index in [-0.39, 0.29) is 17.1 Å². The monoisotopic (exact) mass is 394 g/mol. The zero-order chi connectivity index (χ0) is 17.8. The van der Waals surface area contributed by atoms with E-state index in [1.54, 1.807) is 42.5 Å². The van der Waals surface area contributed by atoms with Crippen molar-refractivity contribution in [3.05, 3.63) is 68.7 Å². The van der Waals surface area contributed by atoms with Gasteiger partial charge in [-0.05, 0) is 36.5 Å². The maximum Gasteiger partial charge on any atom is 0.216 e. The molecule has 9 heteroatoms. The first-order chi connectivity index (χ1) is 12.1. The van der Waals surface area contributed by atoms with Crippen molar-refractivity contribution >= 4 is 41.6 Å². The number of halogens is 2. The fourth-order valence-corrected chi connectivity index (χ4v) is 2.72. The van der Waals surface area contributed by atoms with E-state index in [2.05, 4.69) is 15.3 Å². The molecular formula is C16H12Cl2N4O2S. The fourth-order valence-electron chi connectivity index (χ4n) is 2.01. The number of para-hydroxylation sites is 2. The molecule has 0 amide bonds. The lowest BCUT2D eigenvalue weighted by atomic mass is 10.2. The minimum Gasteiger partial charge on any atom is -0.507 e. The summed E-state index contributed by atoms with van der Waals surface area (Å²) in [5, 5.41) is 21.5. The van der Waals surface area contributed by atoms with Crippen molar-refractivity contribution in [3.8, 4) is 11.5 Å². The van der Waals surface area contributed by atoms with E-state index < -0.39 is 0 Å². The molecule has 1 heterocycles. The number of benzene rings is 2. The van der Waals surface area contributed by atoms with Gasteiger partial charge in [-0.25, -0.2) is 5.10 Å². The van der Waals surface area contributed by atoms with Crippen LogP contribution in [0.15, 0.2) is 47.6 Å². The van der Waals surface area contributed by atoms with Gasteiger partial charge in [0.1, 0.15) is 12.4 Å². The molecule has 3 aromatic rings. The Labute approximate surface area is 158 Å². The predicted octanol–water partition coefficient (Wildman–Crippen LogP) is 4.41. The quantitative estimate of drug-likeness (QED) is 0.496. The van der Waals surface area contributed by atoms with Crippen molar-refractivity contribution in [2.24, 2.45) is 5.10 Å². The smallest absolute Gasteiger partial charge is 0.216 e. The number of nitrogens with zero attached hydrogens (tertiary/aromatic N) is 3. The molecule has 0 bridgehead atoms. The Kier molecular flexibility index (Phi) is 5.37. The number of ether oxygens (including phenoxy) is 1. The number of phenols is 1. The van der Waals surface area contributed by atoms with Crippen LogP contribution in [-0.4, -0.2) is 26.2 Å². The lowest BCUT2D eigenvalue weighted by Gasteiger charge is -2.08. The summed E-state index contributed by atoms with van der Waals surface area (Å²) in [6, 6.07) is 11.9. The van der Waals surface area contributed by atoms with Crippen molar-refractivity contribution in [2.75, 3.05) is 0 Å². The Hall–Kier alpha value is -2.35. The van der Waals surface area contributed by atoms with Crippen LogP contribution in [0, 0.1) is 4.77 Å². The van der Waals surface area contributed by atoms with E-state index in [9.17, 15) is 5.11 Å². The van der Waals surface area contributed by atoms with Crippen LogP contribution in [0.1, 0.15) is 11.4 Å². The number of aromatic hydroxyl groups is 1. The zero-order valence-corrected chi connectivity index (χ0v) is 15.0. The molecule has 0 fully saturated rings. The van der Waals surface area contributed by atoms with Crippen molar-refractivity contribution in [2.45, 2.75) is 6.61 Å². The highest BCUT2D eigenvalue weighted by Gasteiger charge is 2.11. The summed E-state index contributed by atoms with van der Waals surface area (Å²) in [5.74, 6) is 0.894. The Balaban J connectivity index is 1.83. The molecule has 25 heavy (non-hydrogen) atoms. The van der Waals surface area contributed by atoms with Crippen molar-refractivity contribution in [1.82, 2.24) is 14.9 Å². The number of H-pyrrole nitrogens is 1. The molecule has 0 saturated heterocycles. The van der Waals surface area contributed by atoms with Gasteiger partial charge in [0.2, 0.25) is 4.77 Å². The molecule has 3 rings (SSSR count). The molecule has 2 N–H and O–H groups in total. The first kappa shape index (κ1) is 17.5. The molecular weight excluding hydrogens is 383 g/mol. The van der Waals surface area contributed by atoms with E-state index in [0.29, 0.717) is 27.2 Å². The molecule has 1 aromatic heterocycles. The highest BCUT2D eigenvalue weighted by Crippen LogP contribution is 2.32. The molecule has 0 aliphatic carbocycles. The number of nitrogens with one attached hydrogen (secondary N) is 1. The van der Waals surface area contributed by atoms with Crippen LogP contribution < -0.4 is 4.74 Å². The normalized spacial score (nSPS) is 11.1. The van der Waals surface area contributed by atoms with Crippen molar-refractivity contribution < 1.29 is 9.84 Å². The summed E-state index contributed by atoms with van der Waals surface area (Å²) >= 11 is 17.3. The van der Waals surface area contributed by atoms with Crippen molar-refractivity contribution in [3.63, 3.8) is 0 Å². The first-order valence-corrected chi connectivity index (χ1v) is 8.28. The second-order valence-corrected chi connectivity index (χ2v) is 6.10. The third kappa shape index (κ3) is 4.01. The van der Waals surface area contributed by atoms with Crippen LogP contribution in [0.4, 0.5) is 0 Å². The van der Waals surface area contributed by atoms with Gasteiger partial charge < -0.3 is 9.84 Å². The van der Waals surface area contributed by atoms with Gasteiger partial charge in [0.15, 0.2) is 11.6 Å². The van der Waals surface area contributed by atoms with E-state index >= 15 is 0 Å². The Morgan fingerprint density at radius 1 is 1.20 bits per heavy atom. The molecule has 0 atom stereocenters. The van der Waals surface area contributed by atoms with Crippen LogP contribution in [0.25, 0.3) is 0 Å². The van der Waals surface area contributed by atoms with Gasteiger partial charge in [-0.2, -0.15) is 14.9 Å². The summed E-state index contributed by atoms with van der Waals surface area (Å²) in [5.41, 5.74) is 0.548. The molecule has 0 aliphatic rings. The number of aromatic nitrogens is 3. The average Bonchev–Trinajstić information content (AvgIpc) is 2.94. The van der Waals surface area contributed by atoms with E-state index in [1.165, 1.54) is 10.9 Å². The highest BCUT2D eigenvalue weighted by molar-refractivity contribution is 7.71. The first-order valence-electron chi connectivity index (χ1n) is 7.11. The van der Waals surface area contributed by atoms with Crippen LogP contribution in [-0.2, 0) is 6.61 Å². The van der Waals surface area contributed by atoms with E-state index in [1.807, 2.05) is 0 Å². The van der Waals surface area contributed by atoms with E-state index in [0.717, 1.165) is 0 Å². The maximum absolute atomic E-state index is 9.79. The van der Waals surface area contributed by atoms with Gasteiger partial charge in [-0.1, -0.05) is 41.4 Å². The molecule has 0 spiro atoms. The Morgan fingerprint density at radius 2 is 1.92 bits per heavy atom. The molecule has 2 aromatic carbocycles. The summed E-state index contributed by atoms with van der Waals surface area (Å²) in [4.78, 5) is 0. The third-order valence-electron chi connectivity index (χ3n) is 3.23. The summed E-state index contributed by atoms with van der Waals surface area (Å²) in [6.45, 7) is 0.0503. The number of phenolic OH excluding ortho intramolecular Hbond substituents is 1. The second kappa shape index (κ2) is 7.69. The highest BCUT2D eigenvalue weighted by atomic mass is 35.5. The van der Waals surface area contributed by atoms with Gasteiger partial charge in [0.25, 0.3) is 0 Å². The van der Waals surface area contributed by atoms with E-state index in [4.69, 9.17) is 40.2 Å². The minimum absolute atomic E-state index is 0.0503. The summed E-state index contributed by atoms with van der Waals surface area (Å²) in [7, 11) is 0. The number of hydrogen-bond donors (Lipinski definition) is 2. The van der Waals surface area contributed by atoms with Gasteiger partial charge in [-0.15, -0.1) is 0 Å². The molecule has 6 nitrogen and oxygen atoms in total. The summed E-state index contributed by atoms with van der Waals surface area (Å²) < 4.78 is 7.33.